The van der Waals surface area contributed by atoms with Gasteiger partial charge in [0.15, 0.2) is 0 Å². The molecule has 1 aromatic carbocycles. The maximum absolute atomic E-state index is 11.4. The van der Waals surface area contributed by atoms with Gasteiger partial charge in [-0.15, -0.1) is 0 Å². The van der Waals surface area contributed by atoms with Crippen molar-refractivity contribution in [2.45, 2.75) is 6.92 Å². The van der Waals surface area contributed by atoms with Gasteiger partial charge >= 0.3 is 6.03 Å². The third-order valence-corrected chi connectivity index (χ3v) is 2.43. The fraction of sp³-hybridized carbons (Fsp3) is 0.200. The molecular weight excluding hydrogens is 196 g/mol. The maximum atomic E-state index is 11.4. The lowest BCUT2D eigenvalue weighted by Crippen LogP contribution is -2.29. The number of hydrogen-bond acceptors (Lipinski definition) is 2. The Morgan fingerprint density at radius 2 is 2.29 bits per heavy atom. The Hall–Kier alpha value is -1.42. The molecule has 2 amide bonds. The zero-order valence-electron chi connectivity index (χ0n) is 7.78. The van der Waals surface area contributed by atoms with Crippen LogP contribution in [0, 0.1) is 6.92 Å². The van der Waals surface area contributed by atoms with Gasteiger partial charge in [0, 0.05) is 0 Å². The molecule has 14 heavy (non-hydrogen) atoms. The molecule has 1 saturated heterocycles. The largest absolute Gasteiger partial charge is 0.331 e. The number of aryl methyl sites for hydroxylation is 1. The predicted octanol–water partition coefficient (Wildman–Crippen LogP) is 1.85. The van der Waals surface area contributed by atoms with Gasteiger partial charge in [0.1, 0.15) is 4.99 Å². The van der Waals surface area contributed by atoms with Crippen LogP contribution in [0.5, 0.6) is 0 Å². The molecule has 1 aliphatic rings. The van der Waals surface area contributed by atoms with E-state index in [1.807, 2.05) is 31.2 Å². The first kappa shape index (κ1) is 9.15. The van der Waals surface area contributed by atoms with Crippen LogP contribution in [0.1, 0.15) is 5.56 Å². The fourth-order valence-corrected chi connectivity index (χ4v) is 1.71. The maximum Gasteiger partial charge on any atom is 0.327 e. The first-order valence-corrected chi connectivity index (χ1v) is 4.77. The summed E-state index contributed by atoms with van der Waals surface area (Å²) in [6.45, 7) is 2.45. The van der Waals surface area contributed by atoms with Gasteiger partial charge in [-0.2, -0.15) is 0 Å². The summed E-state index contributed by atoms with van der Waals surface area (Å²) in [5.74, 6) is 0. The number of anilines is 1. The summed E-state index contributed by atoms with van der Waals surface area (Å²) in [6, 6.07) is 7.58. The molecule has 0 saturated carbocycles. The highest BCUT2D eigenvalue weighted by atomic mass is 32.1. The lowest BCUT2D eigenvalue weighted by molar-refractivity contribution is 0.252. The van der Waals surface area contributed by atoms with E-state index >= 15 is 0 Å². The van der Waals surface area contributed by atoms with Gasteiger partial charge in [0.2, 0.25) is 0 Å². The molecule has 1 fully saturated rings. The number of hydrogen-bond donors (Lipinski definition) is 1. The van der Waals surface area contributed by atoms with E-state index in [4.69, 9.17) is 12.2 Å². The van der Waals surface area contributed by atoms with Gasteiger partial charge in [0.25, 0.3) is 0 Å². The Morgan fingerprint density at radius 3 is 2.86 bits per heavy atom. The van der Waals surface area contributed by atoms with E-state index in [9.17, 15) is 4.79 Å². The third kappa shape index (κ3) is 1.48. The number of nitrogens with zero attached hydrogens (tertiary/aromatic N) is 1. The van der Waals surface area contributed by atoms with Gasteiger partial charge in [-0.1, -0.05) is 24.4 Å². The Labute approximate surface area is 87.7 Å². The predicted molar refractivity (Wildman–Crippen MR) is 59.7 cm³/mol. The van der Waals surface area contributed by atoms with E-state index in [2.05, 4.69) is 5.32 Å². The van der Waals surface area contributed by atoms with E-state index in [1.165, 1.54) is 4.90 Å². The Morgan fingerprint density at radius 1 is 1.50 bits per heavy atom. The van der Waals surface area contributed by atoms with E-state index in [-0.39, 0.29) is 6.03 Å². The van der Waals surface area contributed by atoms with Crippen molar-refractivity contribution in [2.24, 2.45) is 0 Å². The van der Waals surface area contributed by atoms with E-state index in [1.54, 1.807) is 0 Å². The number of urea groups is 1. The molecule has 2 rings (SSSR count). The molecule has 4 heteroatoms. The molecule has 1 aromatic rings. The summed E-state index contributed by atoms with van der Waals surface area (Å²) in [6.07, 6.45) is 0. The second-order valence-electron chi connectivity index (χ2n) is 3.23. The number of thiocarbonyl (C=S) groups is 1. The highest BCUT2D eigenvalue weighted by Gasteiger charge is 2.26. The first-order valence-electron chi connectivity index (χ1n) is 4.36. The SMILES string of the molecule is Cc1cccc(N2C(=O)NCC2=S)c1. The van der Waals surface area contributed by atoms with Gasteiger partial charge < -0.3 is 5.32 Å². The Kier molecular flexibility index (Phi) is 2.21. The molecule has 0 aromatic heterocycles. The number of benzene rings is 1. The summed E-state index contributed by atoms with van der Waals surface area (Å²) in [7, 11) is 0. The molecule has 0 bridgehead atoms. The minimum absolute atomic E-state index is 0.138. The number of nitrogens with one attached hydrogen (secondary N) is 1. The molecule has 0 aliphatic carbocycles. The Balaban J connectivity index is 2.39. The van der Waals surface area contributed by atoms with Crippen LogP contribution >= 0.6 is 12.2 Å². The van der Waals surface area contributed by atoms with Crippen LogP contribution < -0.4 is 10.2 Å². The van der Waals surface area contributed by atoms with E-state index in [0.717, 1.165) is 11.3 Å². The zero-order chi connectivity index (χ0) is 10.1. The third-order valence-electron chi connectivity index (χ3n) is 2.10. The van der Waals surface area contributed by atoms with E-state index < -0.39 is 0 Å². The number of rotatable bonds is 1. The van der Waals surface area contributed by atoms with Crippen molar-refractivity contribution in [3.8, 4) is 0 Å². The highest BCUT2D eigenvalue weighted by Crippen LogP contribution is 2.18. The van der Waals surface area contributed by atoms with Gasteiger partial charge in [-0.25, -0.2) is 4.79 Å². The van der Waals surface area contributed by atoms with Crippen molar-refractivity contribution in [2.75, 3.05) is 11.4 Å². The van der Waals surface area contributed by atoms with Crippen LogP contribution in [0.4, 0.5) is 10.5 Å². The standard InChI is InChI=1S/C10H10N2OS/c1-7-3-2-4-8(5-7)12-9(14)6-11-10(12)13/h2-5H,6H2,1H3,(H,11,13). The smallest absolute Gasteiger partial charge is 0.327 e. The average Bonchev–Trinajstić information content (AvgIpc) is 2.46. The molecule has 72 valence electrons. The fourth-order valence-electron chi connectivity index (χ4n) is 1.45. The average molecular weight is 206 g/mol. The second-order valence-corrected chi connectivity index (χ2v) is 3.70. The molecule has 3 nitrogen and oxygen atoms in total. The van der Waals surface area contributed by atoms with Crippen molar-refractivity contribution in [3.63, 3.8) is 0 Å². The molecule has 0 unspecified atom stereocenters. The number of carbonyl (C=O) groups is 1. The molecule has 0 spiro atoms. The quantitative estimate of drug-likeness (QED) is 0.711. The lowest BCUT2D eigenvalue weighted by Gasteiger charge is -2.14. The van der Waals surface area contributed by atoms with Crippen molar-refractivity contribution < 1.29 is 4.79 Å². The summed E-state index contributed by atoms with van der Waals surface area (Å²) in [4.78, 5) is 13.6. The minimum atomic E-state index is -0.138. The molecule has 0 radical (unpaired) electrons. The lowest BCUT2D eigenvalue weighted by atomic mass is 10.2. The van der Waals surface area contributed by atoms with Crippen LogP contribution in [-0.4, -0.2) is 17.6 Å². The molecule has 1 heterocycles. The van der Waals surface area contributed by atoms with E-state index in [0.29, 0.717) is 11.5 Å². The van der Waals surface area contributed by atoms with Crippen LogP contribution in [0.25, 0.3) is 0 Å². The summed E-state index contributed by atoms with van der Waals surface area (Å²) in [5.41, 5.74) is 1.95. The summed E-state index contributed by atoms with van der Waals surface area (Å²) < 4.78 is 0. The van der Waals surface area contributed by atoms with Crippen LogP contribution in [0.3, 0.4) is 0 Å². The normalized spacial score (nSPS) is 15.9. The first-order chi connectivity index (χ1) is 6.68. The van der Waals surface area contributed by atoms with Crippen molar-refractivity contribution in [1.82, 2.24) is 5.32 Å². The monoisotopic (exact) mass is 206 g/mol. The summed E-state index contributed by atoms with van der Waals surface area (Å²) in [5, 5.41) is 2.68. The van der Waals surface area contributed by atoms with Gasteiger partial charge in [-0.05, 0) is 24.6 Å². The van der Waals surface area contributed by atoms with Crippen molar-refractivity contribution in [3.05, 3.63) is 29.8 Å². The van der Waals surface area contributed by atoms with Crippen molar-refractivity contribution in [1.29, 1.82) is 0 Å². The van der Waals surface area contributed by atoms with Crippen LogP contribution in [0.2, 0.25) is 0 Å². The number of carbonyl (C=O) groups excluding carboxylic acids is 1. The zero-order valence-corrected chi connectivity index (χ0v) is 8.60. The Bertz CT molecular complexity index is 387. The highest BCUT2D eigenvalue weighted by molar-refractivity contribution is 7.80. The molecule has 1 N–H and O–H groups in total. The topological polar surface area (TPSA) is 32.3 Å². The summed E-state index contributed by atoms with van der Waals surface area (Å²) >= 11 is 5.09. The molecule has 1 aliphatic heterocycles. The van der Waals surface area contributed by atoms with Crippen LogP contribution in [0.15, 0.2) is 24.3 Å². The second kappa shape index (κ2) is 3.38. The van der Waals surface area contributed by atoms with Gasteiger partial charge in [-0.3, -0.25) is 4.90 Å². The molecular formula is C10H10N2OS. The van der Waals surface area contributed by atoms with Gasteiger partial charge in [0.05, 0.1) is 12.2 Å². The van der Waals surface area contributed by atoms with Crippen LogP contribution in [-0.2, 0) is 0 Å². The van der Waals surface area contributed by atoms with Crippen molar-refractivity contribution >= 4 is 28.9 Å². The molecule has 0 atom stereocenters. The number of amides is 2. The minimum Gasteiger partial charge on any atom is -0.331 e.